The van der Waals surface area contributed by atoms with Crippen LogP contribution >= 0.6 is 11.8 Å². The standard InChI is InChI=1S/C14H19NO2S/c1-4-17-14-6-5-12(7-10(2)16)8-13(14)9-18-11(3)15/h5-6,8,15H,4,7,9H2,1-3H3. The first-order chi connectivity index (χ1) is 8.52. The first-order valence-corrected chi connectivity index (χ1v) is 6.93. The Bertz CT molecular complexity index is 443. The number of Topliss-reactive ketones (excluding diaryl/α,β-unsaturated/α-hetero) is 1. The van der Waals surface area contributed by atoms with Crippen molar-refractivity contribution in [2.45, 2.75) is 32.9 Å². The summed E-state index contributed by atoms with van der Waals surface area (Å²) < 4.78 is 5.56. The van der Waals surface area contributed by atoms with E-state index in [0.29, 0.717) is 23.8 Å². The van der Waals surface area contributed by atoms with Crippen LogP contribution in [0.4, 0.5) is 0 Å². The molecular weight excluding hydrogens is 246 g/mol. The molecule has 0 unspecified atom stereocenters. The number of rotatable bonds is 6. The average molecular weight is 265 g/mol. The topological polar surface area (TPSA) is 50.2 Å². The summed E-state index contributed by atoms with van der Waals surface area (Å²) in [6, 6.07) is 5.84. The molecule has 0 aliphatic rings. The van der Waals surface area contributed by atoms with Crippen molar-refractivity contribution < 1.29 is 9.53 Å². The van der Waals surface area contributed by atoms with Crippen molar-refractivity contribution in [3.8, 4) is 5.75 Å². The number of hydrogen-bond acceptors (Lipinski definition) is 4. The molecule has 1 aromatic rings. The highest BCUT2D eigenvalue weighted by atomic mass is 32.2. The summed E-state index contributed by atoms with van der Waals surface area (Å²) in [7, 11) is 0. The molecule has 0 amide bonds. The molecule has 0 aliphatic heterocycles. The van der Waals surface area contributed by atoms with E-state index in [1.165, 1.54) is 11.8 Å². The lowest BCUT2D eigenvalue weighted by Gasteiger charge is -2.11. The monoisotopic (exact) mass is 265 g/mol. The molecule has 1 N–H and O–H groups in total. The normalized spacial score (nSPS) is 10.2. The van der Waals surface area contributed by atoms with Crippen LogP contribution in [0.15, 0.2) is 18.2 Å². The van der Waals surface area contributed by atoms with Gasteiger partial charge in [0.05, 0.1) is 11.7 Å². The zero-order valence-corrected chi connectivity index (χ0v) is 11.9. The summed E-state index contributed by atoms with van der Waals surface area (Å²) in [5.74, 6) is 1.70. The van der Waals surface area contributed by atoms with Gasteiger partial charge in [-0.05, 0) is 32.4 Å². The third-order valence-electron chi connectivity index (χ3n) is 2.32. The molecule has 0 fully saturated rings. The number of ether oxygens (including phenoxy) is 1. The molecule has 0 aliphatic carbocycles. The van der Waals surface area contributed by atoms with Gasteiger partial charge < -0.3 is 4.74 Å². The van der Waals surface area contributed by atoms with Gasteiger partial charge in [-0.25, -0.2) is 0 Å². The summed E-state index contributed by atoms with van der Waals surface area (Å²) >= 11 is 1.47. The van der Waals surface area contributed by atoms with E-state index in [-0.39, 0.29) is 5.78 Å². The number of ketones is 1. The molecule has 0 saturated heterocycles. The van der Waals surface area contributed by atoms with Crippen LogP contribution in [0.5, 0.6) is 5.75 Å². The molecule has 0 aromatic heterocycles. The van der Waals surface area contributed by atoms with Gasteiger partial charge in [-0.1, -0.05) is 12.1 Å². The molecule has 0 bridgehead atoms. The second-order valence-corrected chi connectivity index (χ2v) is 5.29. The van der Waals surface area contributed by atoms with E-state index < -0.39 is 0 Å². The lowest BCUT2D eigenvalue weighted by Crippen LogP contribution is -2.01. The smallest absolute Gasteiger partial charge is 0.134 e. The number of nitrogens with one attached hydrogen (secondary N) is 1. The maximum absolute atomic E-state index is 11.1. The van der Waals surface area contributed by atoms with Crippen molar-refractivity contribution >= 4 is 22.6 Å². The highest BCUT2D eigenvalue weighted by Crippen LogP contribution is 2.25. The van der Waals surface area contributed by atoms with E-state index in [1.807, 2.05) is 25.1 Å². The third-order valence-corrected chi connectivity index (χ3v) is 3.21. The zero-order chi connectivity index (χ0) is 13.5. The summed E-state index contributed by atoms with van der Waals surface area (Å²) in [5, 5.41) is 8.03. The van der Waals surface area contributed by atoms with Gasteiger partial charge in [0.15, 0.2) is 0 Å². The molecule has 0 atom stereocenters. The van der Waals surface area contributed by atoms with E-state index in [1.54, 1.807) is 13.8 Å². The van der Waals surface area contributed by atoms with Crippen LogP contribution in [0.25, 0.3) is 0 Å². The summed E-state index contributed by atoms with van der Waals surface area (Å²) in [6.45, 7) is 5.92. The molecule has 0 spiro atoms. The maximum Gasteiger partial charge on any atom is 0.134 e. The van der Waals surface area contributed by atoms with E-state index in [2.05, 4.69) is 0 Å². The fourth-order valence-corrected chi connectivity index (χ4v) is 2.22. The highest BCUT2D eigenvalue weighted by Gasteiger charge is 2.07. The van der Waals surface area contributed by atoms with Gasteiger partial charge in [0.2, 0.25) is 0 Å². The zero-order valence-electron chi connectivity index (χ0n) is 11.1. The number of carbonyl (C=O) groups excluding carboxylic acids is 1. The van der Waals surface area contributed by atoms with Crippen molar-refractivity contribution in [1.82, 2.24) is 0 Å². The molecule has 1 aromatic carbocycles. The van der Waals surface area contributed by atoms with E-state index in [9.17, 15) is 4.79 Å². The minimum Gasteiger partial charge on any atom is -0.494 e. The largest absolute Gasteiger partial charge is 0.494 e. The Morgan fingerprint density at radius 1 is 1.39 bits per heavy atom. The molecule has 98 valence electrons. The Labute approximate surface area is 112 Å². The second kappa shape index (κ2) is 7.21. The Hall–Kier alpha value is -1.29. The third kappa shape index (κ3) is 4.92. The molecule has 3 nitrogen and oxygen atoms in total. The number of thioether (sulfide) groups is 1. The SMILES string of the molecule is CCOc1ccc(CC(C)=O)cc1CSC(C)=N. The lowest BCUT2D eigenvalue weighted by molar-refractivity contribution is -0.116. The first-order valence-electron chi connectivity index (χ1n) is 5.95. The van der Waals surface area contributed by atoms with Crippen molar-refractivity contribution in [2.24, 2.45) is 0 Å². The molecule has 1 rings (SSSR count). The number of hydrogen-bond donors (Lipinski definition) is 1. The van der Waals surface area contributed by atoms with Crippen molar-refractivity contribution in [3.05, 3.63) is 29.3 Å². The first kappa shape index (κ1) is 14.8. The van der Waals surface area contributed by atoms with Gasteiger partial charge in [-0.2, -0.15) is 0 Å². The number of benzene rings is 1. The Balaban J connectivity index is 2.91. The van der Waals surface area contributed by atoms with Crippen molar-refractivity contribution in [2.75, 3.05) is 6.61 Å². The summed E-state index contributed by atoms with van der Waals surface area (Å²) in [5.41, 5.74) is 2.05. The Kier molecular flexibility index (Phi) is 5.92. The van der Waals surface area contributed by atoms with Gasteiger partial charge in [0, 0.05) is 17.7 Å². The predicted octanol–water partition coefficient (Wildman–Crippen LogP) is 3.45. The van der Waals surface area contributed by atoms with Crippen LogP contribution in [0.1, 0.15) is 31.9 Å². The van der Waals surface area contributed by atoms with Crippen LogP contribution in [0, 0.1) is 5.41 Å². The minimum atomic E-state index is 0.154. The molecule has 0 radical (unpaired) electrons. The Morgan fingerprint density at radius 3 is 2.67 bits per heavy atom. The molecule has 4 heteroatoms. The van der Waals surface area contributed by atoms with Crippen LogP contribution < -0.4 is 4.74 Å². The van der Waals surface area contributed by atoms with Crippen molar-refractivity contribution in [1.29, 1.82) is 5.41 Å². The summed E-state index contributed by atoms with van der Waals surface area (Å²) in [6.07, 6.45) is 0.452. The van der Waals surface area contributed by atoms with Crippen molar-refractivity contribution in [3.63, 3.8) is 0 Å². The van der Waals surface area contributed by atoms with Crippen LogP contribution in [-0.4, -0.2) is 17.4 Å². The van der Waals surface area contributed by atoms with Gasteiger partial charge in [0.25, 0.3) is 0 Å². The lowest BCUT2D eigenvalue weighted by atomic mass is 10.1. The van der Waals surface area contributed by atoms with Gasteiger partial charge in [-0.15, -0.1) is 11.8 Å². The maximum atomic E-state index is 11.1. The molecule has 0 saturated carbocycles. The van der Waals surface area contributed by atoms with E-state index >= 15 is 0 Å². The molecular formula is C14H19NO2S. The van der Waals surface area contributed by atoms with Crippen LogP contribution in [0.2, 0.25) is 0 Å². The minimum absolute atomic E-state index is 0.154. The quantitative estimate of drug-likeness (QED) is 0.633. The van der Waals surface area contributed by atoms with Gasteiger partial charge in [-0.3, -0.25) is 10.2 Å². The van der Waals surface area contributed by atoms with Gasteiger partial charge >= 0.3 is 0 Å². The number of carbonyl (C=O) groups is 1. The molecule has 18 heavy (non-hydrogen) atoms. The highest BCUT2D eigenvalue weighted by molar-refractivity contribution is 8.13. The van der Waals surface area contributed by atoms with Gasteiger partial charge in [0.1, 0.15) is 11.5 Å². The van der Waals surface area contributed by atoms with E-state index in [0.717, 1.165) is 16.9 Å². The second-order valence-electron chi connectivity index (χ2n) is 4.10. The predicted molar refractivity (Wildman–Crippen MR) is 76.7 cm³/mol. The molecule has 0 heterocycles. The van der Waals surface area contributed by atoms with E-state index in [4.69, 9.17) is 10.1 Å². The average Bonchev–Trinajstić information content (AvgIpc) is 2.28. The fraction of sp³-hybridized carbons (Fsp3) is 0.429. The summed E-state index contributed by atoms with van der Waals surface area (Å²) in [4.78, 5) is 11.1. The Morgan fingerprint density at radius 2 is 2.11 bits per heavy atom. The van der Waals surface area contributed by atoms with Crippen LogP contribution in [-0.2, 0) is 17.0 Å². The van der Waals surface area contributed by atoms with Crippen LogP contribution in [0.3, 0.4) is 0 Å². The fourth-order valence-electron chi connectivity index (χ4n) is 1.63.